The van der Waals surface area contributed by atoms with Gasteiger partial charge in [0.25, 0.3) is 0 Å². The van der Waals surface area contributed by atoms with Crippen LogP contribution < -0.4 is 0 Å². The van der Waals surface area contributed by atoms with E-state index in [1.807, 2.05) is 0 Å². The molecule has 2 bridgehead atoms. The van der Waals surface area contributed by atoms with Crippen molar-refractivity contribution in [2.24, 2.45) is 0 Å². The van der Waals surface area contributed by atoms with Crippen molar-refractivity contribution in [1.29, 1.82) is 0 Å². The summed E-state index contributed by atoms with van der Waals surface area (Å²) < 4.78 is 21.4. The number of hydrogen-bond acceptors (Lipinski definition) is 3. The maximum absolute atomic E-state index is 12.6. The Morgan fingerprint density at radius 1 is 1.43 bits per heavy atom. The zero-order chi connectivity index (χ0) is 16.1. The minimum atomic E-state index is -0.364. The Bertz CT molecular complexity index is 759. The maximum Gasteiger partial charge on any atom is 0.340 e. The fourth-order valence-electron chi connectivity index (χ4n) is 3.78. The average molecular weight is 286 g/mol. The van der Waals surface area contributed by atoms with E-state index in [1.165, 1.54) is 18.9 Å². The molecule has 2 aliphatic heterocycles. The SMILES string of the molecule is [2H]c1cc([2H])c2c(C(=O)OC3C[C@H]4CC[C@@H](C3)N4C)c[nH]c2c1. The van der Waals surface area contributed by atoms with E-state index >= 15 is 0 Å². The van der Waals surface area contributed by atoms with Crippen molar-refractivity contribution >= 4 is 16.9 Å². The highest BCUT2D eigenvalue weighted by Gasteiger charge is 2.40. The number of H-pyrrole nitrogens is 1. The van der Waals surface area contributed by atoms with Crippen LogP contribution in [-0.2, 0) is 4.74 Å². The van der Waals surface area contributed by atoms with E-state index in [0.29, 0.717) is 28.6 Å². The molecule has 1 N–H and O–H groups in total. The van der Waals surface area contributed by atoms with Crippen molar-refractivity contribution in [3.05, 3.63) is 36.0 Å². The number of esters is 1. The van der Waals surface area contributed by atoms with Gasteiger partial charge in [-0.25, -0.2) is 4.79 Å². The van der Waals surface area contributed by atoms with Crippen molar-refractivity contribution < 1.29 is 12.3 Å². The van der Waals surface area contributed by atoms with Crippen LogP contribution in [0.3, 0.4) is 0 Å². The lowest BCUT2D eigenvalue weighted by Crippen LogP contribution is -2.43. The summed E-state index contributed by atoms with van der Waals surface area (Å²) in [5.74, 6) is -0.364. The molecule has 0 amide bonds. The third-order valence-electron chi connectivity index (χ3n) is 4.99. The number of aromatic amines is 1. The highest BCUT2D eigenvalue weighted by atomic mass is 16.5. The summed E-state index contributed by atoms with van der Waals surface area (Å²) in [7, 11) is 2.16. The van der Waals surface area contributed by atoms with Crippen molar-refractivity contribution in [3.8, 4) is 0 Å². The molecule has 0 saturated carbocycles. The molecule has 4 rings (SSSR count). The lowest BCUT2D eigenvalue weighted by Gasteiger charge is -2.35. The molecule has 3 atom stereocenters. The van der Waals surface area contributed by atoms with Gasteiger partial charge in [-0.1, -0.05) is 18.2 Å². The molecule has 2 aliphatic rings. The van der Waals surface area contributed by atoms with Gasteiger partial charge >= 0.3 is 5.97 Å². The number of fused-ring (bicyclic) bond motifs is 3. The van der Waals surface area contributed by atoms with E-state index in [9.17, 15) is 4.79 Å². The highest BCUT2D eigenvalue weighted by Crippen LogP contribution is 2.35. The van der Waals surface area contributed by atoms with Gasteiger partial charge in [-0.05, 0) is 26.0 Å². The zero-order valence-electron chi connectivity index (χ0n) is 14.1. The predicted molar refractivity (Wildman–Crippen MR) is 81.3 cm³/mol. The number of aromatic nitrogens is 1. The van der Waals surface area contributed by atoms with Crippen LogP contribution in [0.1, 0.15) is 38.8 Å². The molecule has 2 saturated heterocycles. The number of carbonyl (C=O) groups is 1. The summed E-state index contributed by atoms with van der Waals surface area (Å²) in [6, 6.07) is 4.56. The first-order chi connectivity index (χ1) is 11.0. The van der Waals surface area contributed by atoms with Gasteiger partial charge in [0.2, 0.25) is 0 Å². The molecule has 2 fully saturated rings. The second-order valence-corrected chi connectivity index (χ2v) is 6.14. The number of benzene rings is 1. The summed E-state index contributed by atoms with van der Waals surface area (Å²) in [5, 5.41) is 0.543. The van der Waals surface area contributed by atoms with Gasteiger partial charge < -0.3 is 14.6 Å². The number of piperidine rings is 1. The smallest absolute Gasteiger partial charge is 0.340 e. The van der Waals surface area contributed by atoms with Crippen molar-refractivity contribution in [2.75, 3.05) is 7.05 Å². The molecule has 1 aromatic carbocycles. The largest absolute Gasteiger partial charge is 0.459 e. The van der Waals surface area contributed by atoms with Crippen LogP contribution in [-0.4, -0.2) is 41.1 Å². The molecule has 2 aromatic rings. The van der Waals surface area contributed by atoms with Crippen LogP contribution in [0.15, 0.2) is 30.4 Å². The second-order valence-electron chi connectivity index (χ2n) is 6.14. The molecule has 4 heteroatoms. The van der Waals surface area contributed by atoms with Crippen LogP contribution in [0.25, 0.3) is 10.9 Å². The first-order valence-electron chi connectivity index (χ1n) is 8.54. The monoisotopic (exact) mass is 286 g/mol. The number of hydrogen-bond donors (Lipinski definition) is 1. The summed E-state index contributed by atoms with van der Waals surface area (Å²) in [4.78, 5) is 17.9. The molecule has 0 spiro atoms. The van der Waals surface area contributed by atoms with E-state index in [4.69, 9.17) is 7.48 Å². The topological polar surface area (TPSA) is 45.3 Å². The van der Waals surface area contributed by atoms with Crippen LogP contribution >= 0.6 is 0 Å². The third kappa shape index (κ3) is 2.14. The number of rotatable bonds is 2. The lowest BCUT2D eigenvalue weighted by atomic mass is 10.0. The second kappa shape index (κ2) is 4.88. The Balaban J connectivity index is 1.56. The van der Waals surface area contributed by atoms with E-state index < -0.39 is 0 Å². The molecule has 110 valence electrons. The van der Waals surface area contributed by atoms with E-state index in [1.54, 1.807) is 12.3 Å². The highest BCUT2D eigenvalue weighted by molar-refractivity contribution is 6.04. The quantitative estimate of drug-likeness (QED) is 0.863. The Hall–Kier alpha value is -1.81. The van der Waals surface area contributed by atoms with E-state index in [-0.39, 0.29) is 24.2 Å². The lowest BCUT2D eigenvalue weighted by molar-refractivity contribution is -0.000258. The van der Waals surface area contributed by atoms with Gasteiger partial charge in [0.05, 0.1) is 8.30 Å². The molecular weight excluding hydrogens is 264 g/mol. The summed E-state index contributed by atoms with van der Waals surface area (Å²) in [6.07, 6.45) is 5.72. The Morgan fingerprint density at radius 3 is 2.95 bits per heavy atom. The molecule has 0 radical (unpaired) electrons. The maximum atomic E-state index is 12.6. The Morgan fingerprint density at radius 2 is 2.19 bits per heavy atom. The van der Waals surface area contributed by atoms with Crippen LogP contribution in [0.2, 0.25) is 0 Å². The molecule has 4 nitrogen and oxygen atoms in total. The summed E-state index contributed by atoms with van der Waals surface area (Å²) in [5.41, 5.74) is 1.04. The van der Waals surface area contributed by atoms with Crippen LogP contribution in [0.5, 0.6) is 0 Å². The first kappa shape index (κ1) is 10.9. The number of ether oxygens (including phenoxy) is 1. The Labute approximate surface area is 126 Å². The predicted octanol–water partition coefficient (Wildman–Crippen LogP) is 2.95. The fraction of sp³-hybridized carbons (Fsp3) is 0.471. The van der Waals surface area contributed by atoms with Gasteiger partial charge in [0.15, 0.2) is 0 Å². The first-order valence-corrected chi connectivity index (χ1v) is 7.54. The third-order valence-corrected chi connectivity index (χ3v) is 4.99. The number of carbonyl (C=O) groups excluding carboxylic acids is 1. The van der Waals surface area contributed by atoms with E-state index in [0.717, 1.165) is 12.8 Å². The number of nitrogens with zero attached hydrogens (tertiary/aromatic N) is 1. The van der Waals surface area contributed by atoms with Crippen molar-refractivity contribution in [1.82, 2.24) is 9.88 Å². The van der Waals surface area contributed by atoms with Gasteiger partial charge in [0, 0.05) is 42.0 Å². The normalized spacial score (nSPS) is 30.2. The molecule has 21 heavy (non-hydrogen) atoms. The number of nitrogens with one attached hydrogen (secondary N) is 1. The molecule has 1 aromatic heterocycles. The van der Waals surface area contributed by atoms with Gasteiger partial charge in [-0.2, -0.15) is 0 Å². The zero-order valence-corrected chi connectivity index (χ0v) is 12.1. The summed E-state index contributed by atoms with van der Waals surface area (Å²) >= 11 is 0. The van der Waals surface area contributed by atoms with Gasteiger partial charge in [-0.3, -0.25) is 0 Å². The van der Waals surface area contributed by atoms with Gasteiger partial charge in [-0.15, -0.1) is 0 Å². The molecule has 3 heterocycles. The average Bonchev–Trinajstić information content (AvgIpc) is 2.98. The van der Waals surface area contributed by atoms with E-state index in [2.05, 4.69) is 16.9 Å². The molecular formula is C17H20N2O2. The fourth-order valence-corrected chi connectivity index (χ4v) is 3.78. The standard InChI is InChI=1S/C17H20N2O2/c1-19-11-6-7-12(19)9-13(8-11)21-17(20)15-10-18-16-5-3-2-4-14(15)16/h2-5,10-13,18H,6-9H2,1H3/t11-,12+,13?/i3D,4D. The minimum Gasteiger partial charge on any atom is -0.459 e. The van der Waals surface area contributed by atoms with Gasteiger partial charge in [0.1, 0.15) is 6.10 Å². The van der Waals surface area contributed by atoms with Crippen LogP contribution in [0, 0.1) is 0 Å². The minimum absolute atomic E-state index is 0.0363. The number of para-hydroxylation sites is 1. The Kier molecular flexibility index (Phi) is 2.52. The molecule has 1 unspecified atom stereocenters. The molecule has 0 aliphatic carbocycles. The van der Waals surface area contributed by atoms with Crippen molar-refractivity contribution in [2.45, 2.75) is 43.9 Å². The van der Waals surface area contributed by atoms with Crippen LogP contribution in [0.4, 0.5) is 0 Å². The summed E-state index contributed by atoms with van der Waals surface area (Å²) in [6.45, 7) is 0. The van der Waals surface area contributed by atoms with Crippen molar-refractivity contribution in [3.63, 3.8) is 0 Å².